The van der Waals surface area contributed by atoms with Gasteiger partial charge in [-0.25, -0.2) is 4.98 Å². The number of aromatic nitrogens is 1. The average Bonchev–Trinajstić information content (AvgIpc) is 3.51. The summed E-state index contributed by atoms with van der Waals surface area (Å²) in [7, 11) is 3.23. The van der Waals surface area contributed by atoms with Crippen LogP contribution < -0.4 is 25.5 Å². The topological polar surface area (TPSA) is 225 Å². The molecule has 5 N–H and O–H groups in total. The van der Waals surface area contributed by atoms with Gasteiger partial charge in [0.2, 0.25) is 0 Å². The lowest BCUT2D eigenvalue weighted by atomic mass is 9.78. The number of hydrogen-bond donors (Lipinski definition) is 5. The van der Waals surface area contributed by atoms with Crippen LogP contribution in [0, 0.1) is 30.6 Å². The van der Waals surface area contributed by atoms with Crippen molar-refractivity contribution in [1.29, 1.82) is 0 Å². The first-order valence-electron chi connectivity index (χ1n) is 20.5. The molecule has 9 atom stereocenters. The molecule has 0 saturated heterocycles. The molecule has 2 aliphatic heterocycles. The third-order valence-electron chi connectivity index (χ3n) is 11.9. The number of aromatic hydroxyl groups is 1. The Kier molecular flexibility index (Phi) is 13.5. The molecule has 2 aliphatic rings. The van der Waals surface area contributed by atoms with Crippen LogP contribution in [-0.4, -0.2) is 95.5 Å². The molecular formula is C46H55N3O13. The lowest BCUT2D eigenvalue weighted by molar-refractivity contribution is -0.160. The summed E-state index contributed by atoms with van der Waals surface area (Å²) in [6.45, 7) is 13.5. The second kappa shape index (κ2) is 18.3. The SMILES string of the molecule is CNCCOc1ccc2nc3c(oc2c1)c1c(O)c2c(=O)c(C)c4c(c23)C(=O)[C@@](C)(O/C=C/[C@H](OC)[C@@H](C)[C@@H](OC(C)=O)[C@H](C)[C@H](O)[C@H](C)[C@@H](O)[C@@H](C)/C=C/C=C(/C)C(=O)N1)O4. The second-order valence-corrected chi connectivity index (χ2v) is 16.3. The number of amides is 1. The van der Waals surface area contributed by atoms with Gasteiger partial charge in [-0.1, -0.05) is 45.9 Å². The van der Waals surface area contributed by atoms with Crippen LogP contribution in [0.1, 0.15) is 64.4 Å². The third-order valence-corrected chi connectivity index (χ3v) is 11.9. The number of nitrogens with one attached hydrogen (secondary N) is 2. The fourth-order valence-electron chi connectivity index (χ4n) is 8.15. The lowest BCUT2D eigenvalue weighted by Crippen LogP contribution is -2.46. The van der Waals surface area contributed by atoms with Crippen molar-refractivity contribution >= 4 is 56.3 Å². The Morgan fingerprint density at radius 3 is 2.42 bits per heavy atom. The number of anilines is 1. The average molecular weight is 858 g/mol. The fraction of sp³-hybridized carbons (Fsp3) is 0.457. The largest absolute Gasteiger partial charge is 0.505 e. The minimum Gasteiger partial charge on any atom is -0.505 e. The minimum atomic E-state index is -2.04. The van der Waals surface area contributed by atoms with Crippen molar-refractivity contribution in [2.45, 2.75) is 85.6 Å². The van der Waals surface area contributed by atoms with E-state index >= 15 is 0 Å². The maximum absolute atomic E-state index is 14.7. The molecule has 4 aromatic rings. The van der Waals surface area contributed by atoms with Crippen LogP contribution in [0.3, 0.4) is 0 Å². The number of phenols is 1. The molecule has 62 heavy (non-hydrogen) atoms. The van der Waals surface area contributed by atoms with Gasteiger partial charge in [0, 0.05) is 73.8 Å². The normalized spacial score (nSPS) is 29.2. The number of Topliss-reactive ketones (excluding diaryl/α,β-unsaturated/α-hetero) is 1. The van der Waals surface area contributed by atoms with E-state index in [1.165, 1.54) is 53.2 Å². The highest BCUT2D eigenvalue weighted by molar-refractivity contribution is 6.26. The van der Waals surface area contributed by atoms with Crippen LogP contribution in [0.15, 0.2) is 63.6 Å². The molecule has 332 valence electrons. The summed E-state index contributed by atoms with van der Waals surface area (Å²) in [6, 6.07) is 4.93. The van der Waals surface area contributed by atoms with Gasteiger partial charge in [-0.3, -0.25) is 19.2 Å². The minimum absolute atomic E-state index is 0.0115. The number of fused-ring (bicyclic) bond motifs is 5. The number of esters is 1. The maximum atomic E-state index is 14.7. The number of phenolic OH excluding ortho intramolecular Hbond substituents is 1. The van der Waals surface area contributed by atoms with E-state index in [0.29, 0.717) is 24.4 Å². The smallest absolute Gasteiger partial charge is 0.312 e. The van der Waals surface area contributed by atoms with Gasteiger partial charge in [-0.2, -0.15) is 0 Å². The van der Waals surface area contributed by atoms with Crippen molar-refractivity contribution in [2.24, 2.45) is 23.7 Å². The van der Waals surface area contributed by atoms with Crippen LogP contribution in [-0.2, 0) is 23.8 Å². The number of ketones is 1. The van der Waals surface area contributed by atoms with Gasteiger partial charge >= 0.3 is 11.8 Å². The summed E-state index contributed by atoms with van der Waals surface area (Å²) in [5.74, 6) is -6.82. The van der Waals surface area contributed by atoms with Gasteiger partial charge in [0.15, 0.2) is 22.3 Å². The van der Waals surface area contributed by atoms with Crippen molar-refractivity contribution in [3.8, 4) is 17.2 Å². The van der Waals surface area contributed by atoms with E-state index in [2.05, 4.69) is 10.6 Å². The van der Waals surface area contributed by atoms with Gasteiger partial charge in [0.05, 0.1) is 35.5 Å². The van der Waals surface area contributed by atoms with E-state index < -0.39 is 82.7 Å². The molecule has 0 saturated carbocycles. The molecular weight excluding hydrogens is 803 g/mol. The third kappa shape index (κ3) is 8.51. The van der Waals surface area contributed by atoms with E-state index in [1.54, 1.807) is 65.1 Å². The zero-order valence-electron chi connectivity index (χ0n) is 36.5. The highest BCUT2D eigenvalue weighted by Gasteiger charge is 2.49. The number of rotatable bonds is 6. The second-order valence-electron chi connectivity index (χ2n) is 16.3. The number of carbonyl (C=O) groups is 3. The Morgan fingerprint density at radius 2 is 1.74 bits per heavy atom. The number of ether oxygens (including phenoxy) is 5. The van der Waals surface area contributed by atoms with Crippen molar-refractivity contribution < 1.29 is 57.8 Å². The highest BCUT2D eigenvalue weighted by atomic mass is 16.7. The summed E-state index contributed by atoms with van der Waals surface area (Å²) in [4.78, 5) is 60.1. The molecule has 0 aliphatic carbocycles. The number of benzene rings is 3. The maximum Gasteiger partial charge on any atom is 0.312 e. The van der Waals surface area contributed by atoms with Gasteiger partial charge in [-0.15, -0.1) is 0 Å². The zero-order valence-corrected chi connectivity index (χ0v) is 36.5. The number of aliphatic hydroxyl groups is 2. The fourth-order valence-corrected chi connectivity index (χ4v) is 8.15. The summed E-state index contributed by atoms with van der Waals surface area (Å²) in [5, 5.41) is 40.3. The predicted octanol–water partition coefficient (Wildman–Crippen LogP) is 5.60. The molecule has 0 radical (unpaired) electrons. The molecule has 16 nitrogen and oxygen atoms in total. The van der Waals surface area contributed by atoms with E-state index in [9.17, 15) is 34.5 Å². The molecule has 3 aromatic carbocycles. The molecule has 1 aromatic heterocycles. The van der Waals surface area contributed by atoms with Crippen LogP contribution in [0.4, 0.5) is 5.69 Å². The van der Waals surface area contributed by atoms with Crippen molar-refractivity contribution in [1.82, 2.24) is 10.3 Å². The summed E-state index contributed by atoms with van der Waals surface area (Å²) >= 11 is 0. The van der Waals surface area contributed by atoms with Crippen molar-refractivity contribution in [3.63, 3.8) is 0 Å². The Hall–Kier alpha value is -5.81. The van der Waals surface area contributed by atoms with E-state index in [-0.39, 0.29) is 55.6 Å². The summed E-state index contributed by atoms with van der Waals surface area (Å²) in [6.07, 6.45) is 3.59. The number of aliphatic hydroxyl groups excluding tert-OH is 2. The first kappa shape index (κ1) is 45.7. The van der Waals surface area contributed by atoms with Crippen LogP contribution in [0.25, 0.3) is 33.0 Å². The number of methoxy groups -OCH3 is 1. The molecule has 1 amide bonds. The number of nitrogens with zero attached hydrogens (tertiary/aromatic N) is 1. The van der Waals surface area contributed by atoms with Crippen LogP contribution >= 0.6 is 0 Å². The number of allylic oxidation sites excluding steroid dienone is 2. The number of likely N-dealkylation sites (N-methyl/N-ethyl adjacent to an activating group) is 1. The molecule has 0 unspecified atom stereocenters. The summed E-state index contributed by atoms with van der Waals surface area (Å²) < 4.78 is 36.0. The first-order valence-corrected chi connectivity index (χ1v) is 20.5. The Bertz CT molecular complexity index is 2560. The monoisotopic (exact) mass is 857 g/mol. The van der Waals surface area contributed by atoms with Crippen LogP contribution in [0.2, 0.25) is 0 Å². The quantitative estimate of drug-likeness (QED) is 0.0524. The Labute approximate surface area is 358 Å². The first-order chi connectivity index (χ1) is 29.3. The van der Waals surface area contributed by atoms with Gasteiger partial charge < -0.3 is 54.1 Å². The molecule has 5 bridgehead atoms. The molecule has 6 rings (SSSR count). The molecule has 0 fully saturated rings. The molecule has 3 heterocycles. The standard InChI is InChI=1S/C46H55N3O13/c1-21-12-11-13-22(2)45(56)49-36-40(54)33-32(35-43(36)61-31-20-28(58-19-17-47-9)14-15-29(31)48-35)34-42(26(6)39(33)53)62-46(8,44(34)55)59-18-16-30(57-10)23(3)41(60-27(7)50)25(5)38(52)24(4)37(21)51/h11-16,18,20-21,23-25,30,37-38,41,47,51-52,54H,17,19H2,1-10H3,(H,49,56)/b12-11+,18-16+,22-13-/t21-,23+,24+,25+,30-,37-,38+,41+,46-/m0/s1. The summed E-state index contributed by atoms with van der Waals surface area (Å²) in [5.41, 5.74) is -0.552. The van der Waals surface area contributed by atoms with Gasteiger partial charge in [0.25, 0.3) is 11.7 Å². The van der Waals surface area contributed by atoms with Gasteiger partial charge in [0.1, 0.15) is 40.9 Å². The highest BCUT2D eigenvalue weighted by Crippen LogP contribution is 2.48. The Balaban J connectivity index is 1.58. The number of hydrogen-bond acceptors (Lipinski definition) is 15. The predicted molar refractivity (Wildman–Crippen MR) is 231 cm³/mol. The van der Waals surface area contributed by atoms with E-state index in [0.717, 1.165) is 0 Å². The van der Waals surface area contributed by atoms with Gasteiger partial charge in [-0.05, 0) is 39.1 Å². The number of carbonyl (C=O) groups excluding carboxylic acids is 3. The van der Waals surface area contributed by atoms with E-state index in [4.69, 9.17) is 33.1 Å². The van der Waals surface area contributed by atoms with Crippen molar-refractivity contribution in [2.75, 3.05) is 32.6 Å². The zero-order chi connectivity index (χ0) is 45.4. The molecule has 0 spiro atoms. The van der Waals surface area contributed by atoms with Crippen LogP contribution in [0.5, 0.6) is 17.2 Å². The van der Waals surface area contributed by atoms with E-state index in [1.807, 2.05) is 0 Å². The Morgan fingerprint density at radius 1 is 1.02 bits per heavy atom. The molecule has 16 heteroatoms. The van der Waals surface area contributed by atoms with Crippen molar-refractivity contribution in [3.05, 3.63) is 75.7 Å². The lowest BCUT2D eigenvalue weighted by Gasteiger charge is -2.38.